The third-order valence-electron chi connectivity index (χ3n) is 5.68. The molecule has 2 atom stereocenters. The number of esters is 1. The lowest BCUT2D eigenvalue weighted by Gasteiger charge is -2.25. The zero-order valence-corrected chi connectivity index (χ0v) is 16.6. The van der Waals surface area contributed by atoms with E-state index < -0.39 is 11.9 Å². The van der Waals surface area contributed by atoms with Crippen LogP contribution < -0.4 is 0 Å². The highest BCUT2D eigenvalue weighted by Gasteiger charge is 2.39. The van der Waals surface area contributed by atoms with Gasteiger partial charge >= 0.3 is 5.97 Å². The Morgan fingerprint density at radius 3 is 2.23 bits per heavy atom. The van der Waals surface area contributed by atoms with Crippen LogP contribution >= 0.6 is 0 Å². The van der Waals surface area contributed by atoms with Gasteiger partial charge in [-0.3, -0.25) is 24.1 Å². The third kappa shape index (κ3) is 3.58. The number of fused-ring (bicyclic) bond motifs is 1. The van der Waals surface area contributed by atoms with Crippen LogP contribution in [-0.4, -0.2) is 53.2 Å². The van der Waals surface area contributed by atoms with E-state index in [9.17, 15) is 19.2 Å². The second-order valence-corrected chi connectivity index (χ2v) is 7.51. The Balaban J connectivity index is 1.31. The number of rotatable bonds is 6. The van der Waals surface area contributed by atoms with Gasteiger partial charge in [-0.15, -0.1) is 0 Å². The summed E-state index contributed by atoms with van der Waals surface area (Å²) in [6, 6.07) is 16.1. The van der Waals surface area contributed by atoms with Gasteiger partial charge < -0.3 is 9.64 Å². The van der Waals surface area contributed by atoms with Crippen molar-refractivity contribution in [1.29, 1.82) is 0 Å². The van der Waals surface area contributed by atoms with Gasteiger partial charge in [-0.2, -0.15) is 0 Å². The standard InChI is InChI=1S/C23H22N2O5/c1-15(16-7-3-2-4-8-16)25-14-17(13-20(25)26)23(29)30-12-11-24-21(27)18-9-5-6-10-19(18)22(24)28/h2-10,15,17H,11-14H2,1H3/t15-,17+/m1/s1. The average molecular weight is 406 g/mol. The van der Waals surface area contributed by atoms with Gasteiger partial charge in [-0.1, -0.05) is 42.5 Å². The molecule has 0 bridgehead atoms. The van der Waals surface area contributed by atoms with Gasteiger partial charge in [0.1, 0.15) is 6.61 Å². The van der Waals surface area contributed by atoms with Crippen LogP contribution in [-0.2, 0) is 14.3 Å². The summed E-state index contributed by atoms with van der Waals surface area (Å²) in [7, 11) is 0. The van der Waals surface area contributed by atoms with Crippen molar-refractivity contribution in [1.82, 2.24) is 9.80 Å². The van der Waals surface area contributed by atoms with Crippen molar-refractivity contribution in [3.8, 4) is 0 Å². The number of carbonyl (C=O) groups is 4. The molecular weight excluding hydrogens is 384 g/mol. The molecule has 7 heteroatoms. The van der Waals surface area contributed by atoms with Gasteiger partial charge in [0.15, 0.2) is 0 Å². The van der Waals surface area contributed by atoms with Crippen molar-refractivity contribution in [3.05, 3.63) is 71.3 Å². The molecule has 2 aliphatic heterocycles. The summed E-state index contributed by atoms with van der Waals surface area (Å²) in [5.74, 6) is -1.89. The number of carbonyl (C=O) groups excluding carboxylic acids is 4. The number of imide groups is 1. The molecule has 0 spiro atoms. The fraction of sp³-hybridized carbons (Fsp3) is 0.304. The van der Waals surface area contributed by atoms with Crippen LogP contribution in [0.4, 0.5) is 0 Å². The second-order valence-electron chi connectivity index (χ2n) is 7.51. The van der Waals surface area contributed by atoms with Crippen molar-refractivity contribution in [2.45, 2.75) is 19.4 Å². The molecule has 30 heavy (non-hydrogen) atoms. The van der Waals surface area contributed by atoms with Crippen LogP contribution in [0.1, 0.15) is 45.7 Å². The highest BCUT2D eigenvalue weighted by Crippen LogP contribution is 2.29. The van der Waals surface area contributed by atoms with Gasteiger partial charge in [-0.25, -0.2) is 0 Å². The minimum Gasteiger partial charge on any atom is -0.464 e. The van der Waals surface area contributed by atoms with E-state index >= 15 is 0 Å². The van der Waals surface area contributed by atoms with Crippen molar-refractivity contribution < 1.29 is 23.9 Å². The predicted octanol–water partition coefficient (Wildman–Crippen LogP) is 2.44. The fourth-order valence-corrected chi connectivity index (χ4v) is 3.97. The lowest BCUT2D eigenvalue weighted by molar-refractivity contribution is -0.148. The van der Waals surface area contributed by atoms with Crippen molar-refractivity contribution in [2.24, 2.45) is 5.92 Å². The van der Waals surface area contributed by atoms with E-state index in [1.165, 1.54) is 0 Å². The zero-order chi connectivity index (χ0) is 21.3. The molecule has 154 valence electrons. The van der Waals surface area contributed by atoms with E-state index in [-0.39, 0.29) is 43.3 Å². The Bertz CT molecular complexity index is 969. The van der Waals surface area contributed by atoms with E-state index in [1.54, 1.807) is 29.2 Å². The van der Waals surface area contributed by atoms with Crippen molar-refractivity contribution in [3.63, 3.8) is 0 Å². The van der Waals surface area contributed by atoms with Gasteiger partial charge in [0, 0.05) is 13.0 Å². The Morgan fingerprint density at radius 2 is 1.60 bits per heavy atom. The molecular formula is C23H22N2O5. The van der Waals surface area contributed by atoms with Crippen LogP contribution in [0.5, 0.6) is 0 Å². The molecule has 0 radical (unpaired) electrons. The number of ether oxygens (including phenoxy) is 1. The molecule has 0 aromatic heterocycles. The molecule has 2 heterocycles. The van der Waals surface area contributed by atoms with Crippen LogP contribution in [0.2, 0.25) is 0 Å². The summed E-state index contributed by atoms with van der Waals surface area (Å²) in [4.78, 5) is 52.3. The molecule has 2 aromatic carbocycles. The molecule has 2 aliphatic rings. The van der Waals surface area contributed by atoms with E-state index in [4.69, 9.17) is 4.74 Å². The number of hydrogen-bond donors (Lipinski definition) is 0. The largest absolute Gasteiger partial charge is 0.464 e. The smallest absolute Gasteiger partial charge is 0.311 e. The van der Waals surface area contributed by atoms with Gasteiger partial charge in [0.2, 0.25) is 5.91 Å². The lowest BCUT2D eigenvalue weighted by Crippen LogP contribution is -2.34. The monoisotopic (exact) mass is 406 g/mol. The van der Waals surface area contributed by atoms with E-state index in [0.29, 0.717) is 17.7 Å². The van der Waals surface area contributed by atoms with Gasteiger partial charge in [0.05, 0.1) is 29.6 Å². The average Bonchev–Trinajstić information content (AvgIpc) is 3.27. The lowest BCUT2D eigenvalue weighted by atomic mass is 10.1. The summed E-state index contributed by atoms with van der Waals surface area (Å²) in [5.41, 5.74) is 1.73. The molecule has 1 fully saturated rings. The molecule has 2 aromatic rings. The van der Waals surface area contributed by atoms with Crippen LogP contribution in [0.3, 0.4) is 0 Å². The Hall–Kier alpha value is -3.48. The number of amides is 3. The maximum atomic E-state index is 12.5. The van der Waals surface area contributed by atoms with Gasteiger partial charge in [0.25, 0.3) is 11.8 Å². The van der Waals surface area contributed by atoms with E-state index in [1.807, 2.05) is 37.3 Å². The quantitative estimate of drug-likeness (QED) is 0.543. The zero-order valence-electron chi connectivity index (χ0n) is 16.6. The maximum absolute atomic E-state index is 12.5. The molecule has 7 nitrogen and oxygen atoms in total. The first-order chi connectivity index (χ1) is 14.5. The molecule has 1 saturated heterocycles. The summed E-state index contributed by atoms with van der Waals surface area (Å²) in [5, 5.41) is 0. The van der Waals surface area contributed by atoms with Crippen LogP contribution in [0.15, 0.2) is 54.6 Å². The molecule has 0 aliphatic carbocycles. The first kappa shape index (κ1) is 19.8. The van der Waals surface area contributed by atoms with E-state index in [0.717, 1.165) is 10.5 Å². The van der Waals surface area contributed by atoms with Crippen molar-refractivity contribution in [2.75, 3.05) is 19.7 Å². The highest BCUT2D eigenvalue weighted by molar-refractivity contribution is 6.21. The molecule has 0 unspecified atom stereocenters. The number of nitrogens with zero attached hydrogens (tertiary/aromatic N) is 2. The topological polar surface area (TPSA) is 84.0 Å². The minimum atomic E-state index is -0.550. The summed E-state index contributed by atoms with van der Waals surface area (Å²) in [6.45, 7) is 2.12. The third-order valence-corrected chi connectivity index (χ3v) is 5.68. The number of hydrogen-bond acceptors (Lipinski definition) is 5. The van der Waals surface area contributed by atoms with E-state index in [2.05, 4.69) is 0 Å². The molecule has 0 N–H and O–H groups in total. The maximum Gasteiger partial charge on any atom is 0.311 e. The summed E-state index contributed by atoms with van der Waals surface area (Å²) >= 11 is 0. The summed E-state index contributed by atoms with van der Waals surface area (Å²) in [6.07, 6.45) is 0.100. The normalized spacial score (nSPS) is 19.2. The highest BCUT2D eigenvalue weighted by atomic mass is 16.5. The number of likely N-dealkylation sites (tertiary alicyclic amines) is 1. The Labute approximate surface area is 174 Å². The molecule has 3 amide bonds. The first-order valence-electron chi connectivity index (χ1n) is 9.93. The Kier molecular flexibility index (Phi) is 5.35. The first-order valence-corrected chi connectivity index (χ1v) is 9.93. The fourth-order valence-electron chi connectivity index (χ4n) is 3.97. The van der Waals surface area contributed by atoms with Crippen molar-refractivity contribution >= 4 is 23.7 Å². The SMILES string of the molecule is C[C@H](c1ccccc1)N1C[C@@H](C(=O)OCCN2C(=O)c3ccccc3C2=O)CC1=O. The molecule has 4 rings (SSSR count). The number of benzene rings is 2. The Morgan fingerprint density at radius 1 is 1.00 bits per heavy atom. The van der Waals surface area contributed by atoms with Crippen LogP contribution in [0, 0.1) is 5.92 Å². The van der Waals surface area contributed by atoms with Gasteiger partial charge in [-0.05, 0) is 24.6 Å². The molecule has 0 saturated carbocycles. The predicted molar refractivity (Wildman–Crippen MR) is 107 cm³/mol. The summed E-state index contributed by atoms with van der Waals surface area (Å²) < 4.78 is 5.30. The second kappa shape index (κ2) is 8.10. The minimum absolute atomic E-state index is 0.0110. The van der Waals surface area contributed by atoms with Crippen LogP contribution in [0.25, 0.3) is 0 Å².